The van der Waals surface area contributed by atoms with Crippen LogP contribution in [0.25, 0.3) is 0 Å². The summed E-state index contributed by atoms with van der Waals surface area (Å²) in [7, 11) is 4.43. The minimum Gasteiger partial charge on any atom is -0.426 e. The molecule has 0 bridgehead atoms. The van der Waals surface area contributed by atoms with Gasteiger partial charge in [-0.1, -0.05) is 0 Å². The van der Waals surface area contributed by atoms with Crippen molar-refractivity contribution in [3.63, 3.8) is 0 Å². The Morgan fingerprint density at radius 3 is 2.65 bits per heavy atom. The molecule has 1 fully saturated rings. The first-order chi connectivity index (χ1) is 8.07. The monoisotopic (exact) mass is 244 g/mol. The standard InChI is InChI=1S/C11H16O6/c1-14-7-5-11(16-3)6(4-8(12)17-11)9(13)10(7)15-2/h4,7,9-10,13H,5H2,1-3H3. The van der Waals surface area contributed by atoms with E-state index in [1.165, 1.54) is 27.4 Å². The van der Waals surface area contributed by atoms with Gasteiger partial charge < -0.3 is 24.1 Å². The lowest BCUT2D eigenvalue weighted by molar-refractivity contribution is -0.234. The second-order valence-corrected chi connectivity index (χ2v) is 4.10. The molecule has 96 valence electrons. The van der Waals surface area contributed by atoms with Crippen LogP contribution in [-0.2, 0) is 23.7 Å². The van der Waals surface area contributed by atoms with E-state index in [-0.39, 0.29) is 0 Å². The lowest BCUT2D eigenvalue weighted by atomic mass is 9.82. The van der Waals surface area contributed by atoms with Crippen LogP contribution in [0.15, 0.2) is 11.6 Å². The van der Waals surface area contributed by atoms with Gasteiger partial charge in [-0.2, -0.15) is 0 Å². The number of fused-ring (bicyclic) bond motifs is 1. The van der Waals surface area contributed by atoms with Crippen LogP contribution < -0.4 is 0 Å². The Morgan fingerprint density at radius 2 is 2.12 bits per heavy atom. The van der Waals surface area contributed by atoms with E-state index in [2.05, 4.69) is 0 Å². The Labute approximate surface area is 99.1 Å². The molecule has 4 unspecified atom stereocenters. The van der Waals surface area contributed by atoms with Crippen molar-refractivity contribution in [3.8, 4) is 0 Å². The predicted octanol–water partition coefficient (Wildman–Crippen LogP) is -0.393. The van der Waals surface area contributed by atoms with E-state index in [1.807, 2.05) is 0 Å². The number of carbonyl (C=O) groups is 1. The average molecular weight is 244 g/mol. The molecule has 0 aromatic heterocycles. The molecule has 4 atom stereocenters. The van der Waals surface area contributed by atoms with Crippen LogP contribution >= 0.6 is 0 Å². The van der Waals surface area contributed by atoms with Gasteiger partial charge >= 0.3 is 5.97 Å². The SMILES string of the molecule is COC1CC2(OC)OC(=O)C=C2C(O)C1OC. The van der Waals surface area contributed by atoms with Gasteiger partial charge in [-0.3, -0.25) is 0 Å². The van der Waals surface area contributed by atoms with Gasteiger partial charge in [-0.25, -0.2) is 4.79 Å². The summed E-state index contributed by atoms with van der Waals surface area (Å²) in [6.45, 7) is 0. The topological polar surface area (TPSA) is 74.2 Å². The van der Waals surface area contributed by atoms with E-state index in [4.69, 9.17) is 18.9 Å². The first-order valence-corrected chi connectivity index (χ1v) is 5.32. The zero-order chi connectivity index (χ0) is 12.6. The van der Waals surface area contributed by atoms with Crippen LogP contribution in [0.5, 0.6) is 0 Å². The fourth-order valence-electron chi connectivity index (χ4n) is 2.46. The quantitative estimate of drug-likeness (QED) is 0.681. The highest BCUT2D eigenvalue weighted by molar-refractivity contribution is 5.87. The molecular formula is C11H16O6. The molecular weight excluding hydrogens is 228 g/mol. The second-order valence-electron chi connectivity index (χ2n) is 4.10. The summed E-state index contributed by atoms with van der Waals surface area (Å²) in [4.78, 5) is 11.3. The van der Waals surface area contributed by atoms with Gasteiger partial charge in [0.2, 0.25) is 5.79 Å². The third-order valence-corrected chi connectivity index (χ3v) is 3.35. The summed E-state index contributed by atoms with van der Waals surface area (Å²) < 4.78 is 20.9. The van der Waals surface area contributed by atoms with Gasteiger partial charge in [0.1, 0.15) is 12.2 Å². The molecule has 1 aliphatic carbocycles. The van der Waals surface area contributed by atoms with Crippen molar-refractivity contribution in [1.82, 2.24) is 0 Å². The van der Waals surface area contributed by atoms with Crippen molar-refractivity contribution in [2.24, 2.45) is 0 Å². The van der Waals surface area contributed by atoms with Crippen molar-refractivity contribution in [3.05, 3.63) is 11.6 Å². The molecule has 2 aliphatic rings. The highest BCUT2D eigenvalue weighted by Gasteiger charge is 2.56. The summed E-state index contributed by atoms with van der Waals surface area (Å²) in [5, 5.41) is 10.2. The van der Waals surface area contributed by atoms with Crippen LogP contribution in [-0.4, -0.2) is 56.5 Å². The smallest absolute Gasteiger partial charge is 0.333 e. The predicted molar refractivity (Wildman–Crippen MR) is 56.1 cm³/mol. The van der Waals surface area contributed by atoms with Crippen LogP contribution in [0, 0.1) is 0 Å². The Bertz CT molecular complexity index is 352. The molecule has 6 nitrogen and oxygen atoms in total. The summed E-state index contributed by atoms with van der Waals surface area (Å²) >= 11 is 0. The molecule has 0 aromatic rings. The lowest BCUT2D eigenvalue weighted by Crippen LogP contribution is -2.56. The molecule has 6 heteroatoms. The van der Waals surface area contributed by atoms with Gasteiger partial charge in [0.15, 0.2) is 0 Å². The van der Waals surface area contributed by atoms with Gasteiger partial charge in [-0.05, 0) is 0 Å². The maximum absolute atomic E-state index is 11.3. The number of esters is 1. The molecule has 0 aromatic carbocycles. The zero-order valence-electron chi connectivity index (χ0n) is 10.0. The van der Waals surface area contributed by atoms with Crippen molar-refractivity contribution < 1.29 is 28.8 Å². The average Bonchev–Trinajstić information content (AvgIpc) is 2.66. The molecule has 1 aliphatic heterocycles. The van der Waals surface area contributed by atoms with Gasteiger partial charge in [0.25, 0.3) is 0 Å². The molecule has 1 N–H and O–H groups in total. The molecule has 1 saturated carbocycles. The largest absolute Gasteiger partial charge is 0.426 e. The van der Waals surface area contributed by atoms with E-state index in [1.54, 1.807) is 0 Å². The van der Waals surface area contributed by atoms with Gasteiger partial charge in [-0.15, -0.1) is 0 Å². The Morgan fingerprint density at radius 1 is 1.41 bits per heavy atom. The van der Waals surface area contributed by atoms with E-state index in [0.29, 0.717) is 12.0 Å². The number of aliphatic hydroxyl groups is 1. The molecule has 2 rings (SSSR count). The first-order valence-electron chi connectivity index (χ1n) is 5.32. The highest BCUT2D eigenvalue weighted by Crippen LogP contribution is 2.42. The van der Waals surface area contributed by atoms with Crippen LogP contribution in [0.3, 0.4) is 0 Å². The van der Waals surface area contributed by atoms with E-state index in [9.17, 15) is 9.90 Å². The summed E-state index contributed by atoms with van der Waals surface area (Å²) in [6, 6.07) is 0. The Hall–Kier alpha value is -0.950. The molecule has 0 amide bonds. The number of hydrogen-bond acceptors (Lipinski definition) is 6. The zero-order valence-corrected chi connectivity index (χ0v) is 10.0. The first kappa shape index (κ1) is 12.5. The number of rotatable bonds is 3. The maximum Gasteiger partial charge on any atom is 0.333 e. The molecule has 0 radical (unpaired) electrons. The summed E-state index contributed by atoms with van der Waals surface area (Å²) in [6.07, 6.45) is -0.369. The van der Waals surface area contributed by atoms with Crippen LogP contribution in [0.1, 0.15) is 6.42 Å². The molecule has 0 spiro atoms. The van der Waals surface area contributed by atoms with E-state index in [0.717, 1.165) is 0 Å². The maximum atomic E-state index is 11.3. The third kappa shape index (κ3) is 1.77. The number of methoxy groups -OCH3 is 3. The van der Waals surface area contributed by atoms with E-state index >= 15 is 0 Å². The normalized spacial score (nSPS) is 40.8. The fraction of sp³-hybridized carbons (Fsp3) is 0.727. The third-order valence-electron chi connectivity index (χ3n) is 3.35. The number of hydrogen-bond donors (Lipinski definition) is 1. The van der Waals surface area contributed by atoms with Crippen molar-refractivity contribution >= 4 is 5.97 Å². The second kappa shape index (κ2) is 4.38. The van der Waals surface area contributed by atoms with Gasteiger partial charge in [0.05, 0.1) is 6.10 Å². The van der Waals surface area contributed by atoms with E-state index < -0.39 is 30.1 Å². The molecule has 17 heavy (non-hydrogen) atoms. The van der Waals surface area contributed by atoms with Crippen molar-refractivity contribution in [1.29, 1.82) is 0 Å². The number of ether oxygens (including phenoxy) is 4. The van der Waals surface area contributed by atoms with Crippen molar-refractivity contribution in [2.45, 2.75) is 30.5 Å². The number of aliphatic hydroxyl groups excluding tert-OH is 1. The lowest BCUT2D eigenvalue weighted by Gasteiger charge is -2.43. The summed E-state index contributed by atoms with van der Waals surface area (Å²) in [5.74, 6) is -1.74. The van der Waals surface area contributed by atoms with Crippen LogP contribution in [0.2, 0.25) is 0 Å². The summed E-state index contributed by atoms with van der Waals surface area (Å²) in [5.41, 5.74) is 0.394. The number of carbonyl (C=O) groups excluding carboxylic acids is 1. The Kier molecular flexibility index (Phi) is 3.22. The molecule has 1 heterocycles. The van der Waals surface area contributed by atoms with Gasteiger partial charge in [0, 0.05) is 39.4 Å². The molecule has 0 saturated heterocycles. The minimum absolute atomic E-state index is 0.299. The fourth-order valence-corrected chi connectivity index (χ4v) is 2.46. The minimum atomic E-state index is -1.22. The Balaban J connectivity index is 2.36. The van der Waals surface area contributed by atoms with Crippen molar-refractivity contribution in [2.75, 3.05) is 21.3 Å². The highest BCUT2D eigenvalue weighted by atomic mass is 16.7. The van der Waals surface area contributed by atoms with Crippen LogP contribution in [0.4, 0.5) is 0 Å².